The van der Waals surface area contributed by atoms with E-state index < -0.39 is 0 Å². The first kappa shape index (κ1) is 15.9. The number of anilines is 2. The number of hydrogen-bond acceptors (Lipinski definition) is 2. The molecule has 3 rings (SSSR count). The van der Waals surface area contributed by atoms with Crippen molar-refractivity contribution in [1.29, 1.82) is 0 Å². The van der Waals surface area contributed by atoms with Crippen molar-refractivity contribution in [2.45, 2.75) is 0 Å². The summed E-state index contributed by atoms with van der Waals surface area (Å²) in [5.41, 5.74) is 2.94. The second-order valence-electron chi connectivity index (χ2n) is 5.37. The number of rotatable bonds is 3. The van der Waals surface area contributed by atoms with E-state index in [-0.39, 0.29) is 5.91 Å². The minimum Gasteiger partial charge on any atom is -0.376 e. The van der Waals surface area contributed by atoms with Crippen LogP contribution in [-0.4, -0.2) is 25.0 Å². The quantitative estimate of drug-likeness (QED) is 0.666. The van der Waals surface area contributed by atoms with Gasteiger partial charge in [0.2, 0.25) is 0 Å². The van der Waals surface area contributed by atoms with Crippen LogP contribution in [0.4, 0.5) is 11.4 Å². The molecule has 0 bridgehead atoms. The summed E-state index contributed by atoms with van der Waals surface area (Å²) in [6.45, 7) is 0. The zero-order valence-corrected chi connectivity index (χ0v) is 15.0. The van der Waals surface area contributed by atoms with Crippen molar-refractivity contribution >= 4 is 55.7 Å². The Hall–Kier alpha value is -1.98. The molecule has 2 aromatic carbocycles. The lowest BCUT2D eigenvalue weighted by Gasteiger charge is -2.18. The fourth-order valence-corrected chi connectivity index (χ4v) is 3.24. The maximum Gasteiger partial charge on any atom is 0.273 e. The Morgan fingerprint density at radius 2 is 1.96 bits per heavy atom. The number of nitrogens with one attached hydrogen (secondary N) is 2. The first-order valence-electron chi connectivity index (χ1n) is 7.02. The lowest BCUT2D eigenvalue weighted by atomic mass is 10.2. The Morgan fingerprint density at radius 1 is 1.22 bits per heavy atom. The third kappa shape index (κ3) is 3.07. The molecule has 118 valence electrons. The van der Waals surface area contributed by atoms with Gasteiger partial charge >= 0.3 is 0 Å². The summed E-state index contributed by atoms with van der Waals surface area (Å²) in [5.74, 6) is -0.224. The Bertz CT molecular complexity index is 889. The van der Waals surface area contributed by atoms with Crippen LogP contribution in [-0.2, 0) is 0 Å². The van der Waals surface area contributed by atoms with Gasteiger partial charge in [-0.2, -0.15) is 0 Å². The van der Waals surface area contributed by atoms with Crippen LogP contribution in [0.2, 0.25) is 5.02 Å². The zero-order valence-electron chi connectivity index (χ0n) is 12.7. The molecule has 0 unspecified atom stereocenters. The summed E-state index contributed by atoms with van der Waals surface area (Å²) in [6.07, 6.45) is 0. The van der Waals surface area contributed by atoms with Gasteiger partial charge in [0.05, 0.1) is 15.8 Å². The number of H-pyrrole nitrogens is 1. The number of halogens is 2. The molecule has 23 heavy (non-hydrogen) atoms. The van der Waals surface area contributed by atoms with E-state index in [1.165, 1.54) is 0 Å². The molecule has 3 aromatic rings. The van der Waals surface area contributed by atoms with E-state index in [9.17, 15) is 4.79 Å². The predicted molar refractivity (Wildman–Crippen MR) is 99.7 cm³/mol. The summed E-state index contributed by atoms with van der Waals surface area (Å²) >= 11 is 9.56. The van der Waals surface area contributed by atoms with Crippen molar-refractivity contribution < 1.29 is 4.79 Å². The number of nitrogens with zero attached hydrogens (tertiary/aromatic N) is 1. The van der Waals surface area contributed by atoms with Gasteiger partial charge in [-0.25, -0.2) is 0 Å². The molecule has 0 atom stereocenters. The number of hydrogen-bond donors (Lipinski definition) is 2. The minimum atomic E-state index is -0.224. The fourth-order valence-electron chi connectivity index (χ4n) is 2.45. The van der Waals surface area contributed by atoms with Crippen LogP contribution in [0.5, 0.6) is 0 Å². The number of fused-ring (bicyclic) bond motifs is 1. The molecule has 0 aliphatic rings. The standard InChI is InChI=1S/C17H15BrClN3O/c1-22(2)14-8-7-10(19)9-13(14)21-17(23)16-15(18)11-5-3-4-6-12(11)20-16/h3-9,20H,1-2H3,(H,21,23). The third-order valence-corrected chi connectivity index (χ3v) is 4.62. The second-order valence-corrected chi connectivity index (χ2v) is 6.60. The summed E-state index contributed by atoms with van der Waals surface area (Å²) in [7, 11) is 3.83. The van der Waals surface area contributed by atoms with E-state index in [0.29, 0.717) is 16.4 Å². The number of carbonyl (C=O) groups excluding carboxylic acids is 1. The van der Waals surface area contributed by atoms with Crippen LogP contribution in [0.1, 0.15) is 10.5 Å². The molecule has 0 radical (unpaired) electrons. The number of amides is 1. The van der Waals surface area contributed by atoms with E-state index in [0.717, 1.165) is 21.1 Å². The predicted octanol–water partition coefficient (Wildman–Crippen LogP) is 4.90. The summed E-state index contributed by atoms with van der Waals surface area (Å²) in [6, 6.07) is 13.2. The highest BCUT2D eigenvalue weighted by molar-refractivity contribution is 9.10. The van der Waals surface area contributed by atoms with Gasteiger partial charge in [0.1, 0.15) is 5.69 Å². The summed E-state index contributed by atoms with van der Waals surface area (Å²) < 4.78 is 0.749. The Morgan fingerprint density at radius 3 is 2.65 bits per heavy atom. The molecule has 0 spiro atoms. The number of benzene rings is 2. The van der Waals surface area contributed by atoms with Crippen molar-refractivity contribution in [3.05, 3.63) is 57.7 Å². The first-order chi connectivity index (χ1) is 11.0. The van der Waals surface area contributed by atoms with E-state index in [1.54, 1.807) is 12.1 Å². The van der Waals surface area contributed by atoms with Crippen LogP contribution in [0.15, 0.2) is 46.9 Å². The molecule has 0 fully saturated rings. The van der Waals surface area contributed by atoms with Crippen molar-refractivity contribution in [3.8, 4) is 0 Å². The number of para-hydroxylation sites is 1. The molecule has 0 saturated heterocycles. The van der Waals surface area contributed by atoms with Crippen molar-refractivity contribution in [3.63, 3.8) is 0 Å². The van der Waals surface area contributed by atoms with Crippen LogP contribution in [0.3, 0.4) is 0 Å². The highest BCUT2D eigenvalue weighted by Gasteiger charge is 2.17. The third-order valence-electron chi connectivity index (χ3n) is 3.56. The fraction of sp³-hybridized carbons (Fsp3) is 0.118. The molecule has 0 aliphatic heterocycles. The van der Waals surface area contributed by atoms with Gasteiger partial charge in [0, 0.05) is 30.0 Å². The van der Waals surface area contributed by atoms with Crippen molar-refractivity contribution in [1.82, 2.24) is 4.98 Å². The molecule has 1 amide bonds. The summed E-state index contributed by atoms with van der Waals surface area (Å²) in [5, 5.41) is 4.46. The number of aromatic amines is 1. The van der Waals surface area contributed by atoms with Gasteiger partial charge in [-0.3, -0.25) is 4.79 Å². The van der Waals surface area contributed by atoms with Crippen LogP contribution < -0.4 is 10.2 Å². The Labute approximate surface area is 147 Å². The average molecular weight is 393 g/mol. The normalized spacial score (nSPS) is 10.8. The van der Waals surface area contributed by atoms with Gasteiger partial charge in [0.15, 0.2) is 0 Å². The number of carbonyl (C=O) groups is 1. The maximum atomic E-state index is 12.7. The van der Waals surface area contributed by atoms with Crippen LogP contribution in [0.25, 0.3) is 10.9 Å². The van der Waals surface area contributed by atoms with Gasteiger partial charge in [-0.05, 0) is 40.2 Å². The van der Waals surface area contributed by atoms with Crippen LogP contribution >= 0.6 is 27.5 Å². The molecular formula is C17H15BrClN3O. The van der Waals surface area contributed by atoms with Crippen LogP contribution in [0, 0.1) is 0 Å². The molecule has 0 saturated carbocycles. The second kappa shape index (κ2) is 6.26. The van der Waals surface area contributed by atoms with Crippen molar-refractivity contribution in [2.75, 3.05) is 24.3 Å². The maximum absolute atomic E-state index is 12.7. The lowest BCUT2D eigenvalue weighted by molar-refractivity contribution is 0.102. The molecule has 6 heteroatoms. The first-order valence-corrected chi connectivity index (χ1v) is 8.19. The number of aromatic nitrogens is 1. The van der Waals surface area contributed by atoms with E-state index in [4.69, 9.17) is 11.6 Å². The molecule has 2 N–H and O–H groups in total. The molecule has 4 nitrogen and oxygen atoms in total. The van der Waals surface area contributed by atoms with Gasteiger partial charge in [0.25, 0.3) is 5.91 Å². The monoisotopic (exact) mass is 391 g/mol. The Balaban J connectivity index is 1.98. The lowest BCUT2D eigenvalue weighted by Crippen LogP contribution is -2.17. The highest BCUT2D eigenvalue weighted by atomic mass is 79.9. The molecule has 0 aliphatic carbocycles. The van der Waals surface area contributed by atoms with Gasteiger partial charge in [-0.1, -0.05) is 29.8 Å². The zero-order chi connectivity index (χ0) is 16.6. The van der Waals surface area contributed by atoms with Gasteiger partial charge in [-0.15, -0.1) is 0 Å². The van der Waals surface area contributed by atoms with Gasteiger partial charge < -0.3 is 15.2 Å². The van der Waals surface area contributed by atoms with E-state index in [2.05, 4.69) is 26.2 Å². The average Bonchev–Trinajstić information content (AvgIpc) is 2.85. The largest absolute Gasteiger partial charge is 0.376 e. The van der Waals surface area contributed by atoms with E-state index >= 15 is 0 Å². The summed E-state index contributed by atoms with van der Waals surface area (Å²) in [4.78, 5) is 17.7. The van der Waals surface area contributed by atoms with Crippen molar-refractivity contribution in [2.24, 2.45) is 0 Å². The minimum absolute atomic E-state index is 0.224. The topological polar surface area (TPSA) is 48.1 Å². The molecular weight excluding hydrogens is 378 g/mol. The highest BCUT2D eigenvalue weighted by Crippen LogP contribution is 2.31. The SMILES string of the molecule is CN(C)c1ccc(Cl)cc1NC(=O)c1[nH]c2ccccc2c1Br. The van der Waals surface area contributed by atoms with E-state index in [1.807, 2.05) is 49.3 Å². The molecule has 1 heterocycles. The Kier molecular flexibility index (Phi) is 4.33. The smallest absolute Gasteiger partial charge is 0.273 e. The molecule has 1 aromatic heterocycles.